The summed E-state index contributed by atoms with van der Waals surface area (Å²) >= 11 is 0. The van der Waals surface area contributed by atoms with Crippen LogP contribution in [0.4, 0.5) is 0 Å². The van der Waals surface area contributed by atoms with E-state index in [2.05, 4.69) is 18.8 Å². The van der Waals surface area contributed by atoms with Crippen LogP contribution in [0.25, 0.3) is 0 Å². The fraction of sp³-hybridized carbons (Fsp3) is 0.500. The summed E-state index contributed by atoms with van der Waals surface area (Å²) in [7, 11) is 0. The first kappa shape index (κ1) is 1.84. The van der Waals surface area contributed by atoms with Gasteiger partial charge in [0.1, 0.15) is 0 Å². The van der Waals surface area contributed by atoms with Gasteiger partial charge in [-0.25, -0.2) is 0 Å². The van der Waals surface area contributed by atoms with Crippen molar-refractivity contribution in [3.63, 3.8) is 0 Å². The second kappa shape index (κ2) is 0.300. The van der Waals surface area contributed by atoms with Crippen molar-refractivity contribution in [3.8, 4) is 11.8 Å². The highest BCUT2D eigenvalue weighted by Gasteiger charge is 1.95. The van der Waals surface area contributed by atoms with Crippen molar-refractivity contribution in [2.24, 2.45) is 5.92 Å². The van der Waals surface area contributed by atoms with E-state index in [0.717, 1.165) is 0 Å². The van der Waals surface area contributed by atoms with Gasteiger partial charge in [0, 0.05) is 0 Å². The normalized spacial score (nSPS) is 18.2. The van der Waals surface area contributed by atoms with Gasteiger partial charge in [0.05, 0.1) is 5.92 Å². The molecule has 1 aliphatic rings. The lowest BCUT2D eigenvalue weighted by atomic mass is 10.4. The molecule has 0 heteroatoms. The van der Waals surface area contributed by atoms with E-state index in [-0.39, 0.29) is 0 Å². The second-order valence-electron chi connectivity index (χ2n) is 1.01. The fourth-order valence-corrected chi connectivity index (χ4v) is 0.0833. The first-order valence-electron chi connectivity index (χ1n) is 1.40. The smallest absolute Gasteiger partial charge is 0.0784 e. The number of rotatable bonds is 0. The van der Waals surface area contributed by atoms with Gasteiger partial charge in [-0.1, -0.05) is 11.8 Å². The molecule has 20 valence electrons. The lowest BCUT2D eigenvalue weighted by Gasteiger charge is -1.56. The standard InChI is InChI=1S/C4H4/c1-4-2-3-4/h4H,1H3. The third-order valence-corrected chi connectivity index (χ3v) is 0.433. The van der Waals surface area contributed by atoms with Gasteiger partial charge >= 0.3 is 0 Å². The molecule has 0 amide bonds. The van der Waals surface area contributed by atoms with E-state index in [1.165, 1.54) is 0 Å². The molecule has 0 atom stereocenters. The fourth-order valence-electron chi connectivity index (χ4n) is 0.0833. The van der Waals surface area contributed by atoms with Gasteiger partial charge in [-0.05, 0) is 6.92 Å². The Labute approximate surface area is 25.8 Å². The van der Waals surface area contributed by atoms with Crippen molar-refractivity contribution in [3.05, 3.63) is 0 Å². The van der Waals surface area contributed by atoms with Crippen LogP contribution >= 0.6 is 0 Å². The summed E-state index contributed by atoms with van der Waals surface area (Å²) in [5, 5.41) is 0. The summed E-state index contributed by atoms with van der Waals surface area (Å²) in [6.45, 7) is 2.06. The average molecular weight is 52.1 g/mol. The topological polar surface area (TPSA) is 0 Å². The molecule has 0 spiro atoms. The van der Waals surface area contributed by atoms with E-state index in [0.29, 0.717) is 5.92 Å². The minimum atomic E-state index is 0.583. The highest BCUT2D eigenvalue weighted by molar-refractivity contribution is 5.27. The second-order valence-corrected chi connectivity index (χ2v) is 1.01. The molecule has 1 rings (SSSR count). The zero-order chi connectivity index (χ0) is 2.99. The predicted octanol–water partition coefficient (Wildman–Crippen LogP) is 0.639. The average Bonchev–Trinajstić information content (AvgIpc) is 1.75. The van der Waals surface area contributed by atoms with Gasteiger partial charge in [0.2, 0.25) is 0 Å². The van der Waals surface area contributed by atoms with Gasteiger partial charge in [-0.15, -0.1) is 0 Å². The number of hydrogen-bond donors (Lipinski definition) is 0. The lowest BCUT2D eigenvalue weighted by Crippen LogP contribution is -1.54. The summed E-state index contributed by atoms with van der Waals surface area (Å²) in [5.41, 5.74) is 0. The summed E-state index contributed by atoms with van der Waals surface area (Å²) in [6, 6.07) is 0. The molecule has 0 aromatic carbocycles. The monoisotopic (exact) mass is 52.0 g/mol. The van der Waals surface area contributed by atoms with Gasteiger partial charge < -0.3 is 0 Å². The Bertz CT molecular complexity index is 63.8. The van der Waals surface area contributed by atoms with Crippen molar-refractivity contribution in [1.82, 2.24) is 0 Å². The first-order valence-corrected chi connectivity index (χ1v) is 1.40. The zero-order valence-corrected chi connectivity index (χ0v) is 2.58. The van der Waals surface area contributed by atoms with Crippen molar-refractivity contribution in [2.45, 2.75) is 6.92 Å². The van der Waals surface area contributed by atoms with Crippen molar-refractivity contribution < 1.29 is 0 Å². The Hall–Kier alpha value is -0.440. The maximum absolute atomic E-state index is 2.85. The molecule has 4 heavy (non-hydrogen) atoms. The van der Waals surface area contributed by atoms with Crippen LogP contribution < -0.4 is 0 Å². The van der Waals surface area contributed by atoms with Crippen LogP contribution in [-0.4, -0.2) is 0 Å². The van der Waals surface area contributed by atoms with E-state index in [1.807, 2.05) is 0 Å². The predicted molar refractivity (Wildman–Crippen MR) is 16.9 cm³/mol. The van der Waals surface area contributed by atoms with Crippen LogP contribution in [0, 0.1) is 17.8 Å². The Balaban J connectivity index is 2.38. The van der Waals surface area contributed by atoms with Crippen LogP contribution in [0.5, 0.6) is 0 Å². The molecule has 0 N–H and O–H groups in total. The SMILES string of the molecule is CC1C#C1. The molecule has 0 aromatic heterocycles. The van der Waals surface area contributed by atoms with Crippen LogP contribution in [-0.2, 0) is 0 Å². The Morgan fingerprint density at radius 2 is 1.75 bits per heavy atom. The van der Waals surface area contributed by atoms with Crippen molar-refractivity contribution in [2.75, 3.05) is 0 Å². The lowest BCUT2D eigenvalue weighted by molar-refractivity contribution is 1.12. The Kier molecular flexibility index (Phi) is 0.138. The molecule has 0 bridgehead atoms. The molecule has 1 aliphatic carbocycles. The maximum atomic E-state index is 2.85. The molecule has 0 saturated carbocycles. The van der Waals surface area contributed by atoms with E-state index in [9.17, 15) is 0 Å². The molecular formula is C4H4. The first-order chi connectivity index (χ1) is 1.89. The third-order valence-electron chi connectivity index (χ3n) is 0.433. The van der Waals surface area contributed by atoms with Crippen LogP contribution in [0.1, 0.15) is 6.92 Å². The maximum Gasteiger partial charge on any atom is 0.0784 e. The minimum absolute atomic E-state index is 0.583. The molecule has 0 radical (unpaired) electrons. The molecule has 0 heterocycles. The van der Waals surface area contributed by atoms with Gasteiger partial charge in [-0.3, -0.25) is 0 Å². The molecule has 0 fully saturated rings. The van der Waals surface area contributed by atoms with Crippen LogP contribution in [0.15, 0.2) is 0 Å². The number of hydrogen-bond acceptors (Lipinski definition) is 0. The van der Waals surface area contributed by atoms with E-state index in [1.54, 1.807) is 0 Å². The highest BCUT2D eigenvalue weighted by Crippen LogP contribution is 1.98. The van der Waals surface area contributed by atoms with Crippen LogP contribution in [0.3, 0.4) is 0 Å². The summed E-state index contributed by atoms with van der Waals surface area (Å²) in [5.74, 6) is 6.28. The van der Waals surface area contributed by atoms with Gasteiger partial charge in [-0.2, -0.15) is 0 Å². The molecule has 0 nitrogen and oxygen atoms in total. The van der Waals surface area contributed by atoms with E-state index >= 15 is 0 Å². The molecular weight excluding hydrogens is 48.0 g/mol. The molecule has 0 aliphatic heterocycles. The Morgan fingerprint density at radius 1 is 1.50 bits per heavy atom. The quantitative estimate of drug-likeness (QED) is 0.355. The van der Waals surface area contributed by atoms with Crippen LogP contribution in [0.2, 0.25) is 0 Å². The molecule has 0 aromatic rings. The van der Waals surface area contributed by atoms with E-state index < -0.39 is 0 Å². The van der Waals surface area contributed by atoms with E-state index in [4.69, 9.17) is 0 Å². The largest absolute Gasteiger partial charge is 0.0858 e. The zero-order valence-electron chi connectivity index (χ0n) is 2.58. The van der Waals surface area contributed by atoms with Crippen molar-refractivity contribution in [1.29, 1.82) is 0 Å². The Morgan fingerprint density at radius 3 is 1.75 bits per heavy atom. The van der Waals surface area contributed by atoms with Gasteiger partial charge in [0.15, 0.2) is 0 Å². The highest BCUT2D eigenvalue weighted by atomic mass is 14.0. The minimum Gasteiger partial charge on any atom is -0.0858 e. The molecule has 0 saturated heterocycles. The summed E-state index contributed by atoms with van der Waals surface area (Å²) in [4.78, 5) is 0. The summed E-state index contributed by atoms with van der Waals surface area (Å²) in [6.07, 6.45) is 0. The third kappa shape index (κ3) is 0.0746. The van der Waals surface area contributed by atoms with Crippen molar-refractivity contribution >= 4 is 0 Å². The molecule has 0 unspecified atom stereocenters. The van der Waals surface area contributed by atoms with Gasteiger partial charge in [0.25, 0.3) is 0 Å². The summed E-state index contributed by atoms with van der Waals surface area (Å²) < 4.78 is 0.